The molecule has 1 N–H and O–H groups in total. The second-order valence-electron chi connectivity index (χ2n) is 5.17. The van der Waals surface area contributed by atoms with Gasteiger partial charge in [0.2, 0.25) is 0 Å². The Morgan fingerprint density at radius 1 is 1.06 bits per heavy atom. The second kappa shape index (κ2) is 6.20. The summed E-state index contributed by atoms with van der Waals surface area (Å²) in [5, 5.41) is 3.60. The zero-order valence-electron chi connectivity index (χ0n) is 12.2. The summed E-state index contributed by atoms with van der Waals surface area (Å²) in [6, 6.07) is 5.19. The molecule has 0 radical (unpaired) electrons. The molecule has 0 aliphatic heterocycles. The standard InChI is InChI=1S/C16H27N/c1-7-15(17-8-2)14(6)16-12(4)9-11(3)10-13(16)5/h9-10,14-15,17H,7-8H2,1-6H3. The van der Waals surface area contributed by atoms with Crippen LogP contribution in [0, 0.1) is 20.8 Å². The van der Waals surface area contributed by atoms with Crippen molar-refractivity contribution in [2.75, 3.05) is 6.54 Å². The van der Waals surface area contributed by atoms with E-state index in [9.17, 15) is 0 Å². The summed E-state index contributed by atoms with van der Waals surface area (Å²) in [5.41, 5.74) is 5.77. The van der Waals surface area contributed by atoms with Crippen molar-refractivity contribution < 1.29 is 0 Å². The largest absolute Gasteiger partial charge is 0.314 e. The third-order valence-electron chi connectivity index (χ3n) is 3.70. The Labute approximate surface area is 107 Å². The molecule has 2 atom stereocenters. The van der Waals surface area contributed by atoms with E-state index in [-0.39, 0.29) is 0 Å². The Morgan fingerprint density at radius 3 is 2.00 bits per heavy atom. The normalized spacial score (nSPS) is 14.7. The molecule has 0 heterocycles. The van der Waals surface area contributed by atoms with E-state index in [4.69, 9.17) is 0 Å². The van der Waals surface area contributed by atoms with E-state index in [2.05, 4.69) is 59.0 Å². The van der Waals surface area contributed by atoms with Crippen LogP contribution < -0.4 is 5.32 Å². The zero-order chi connectivity index (χ0) is 13.0. The van der Waals surface area contributed by atoms with Crippen molar-refractivity contribution in [1.82, 2.24) is 5.32 Å². The second-order valence-corrected chi connectivity index (χ2v) is 5.17. The van der Waals surface area contributed by atoms with Gasteiger partial charge in [-0.2, -0.15) is 0 Å². The molecule has 2 unspecified atom stereocenters. The van der Waals surface area contributed by atoms with Gasteiger partial charge in [-0.15, -0.1) is 0 Å². The molecular formula is C16H27N. The van der Waals surface area contributed by atoms with Gasteiger partial charge in [0.15, 0.2) is 0 Å². The highest BCUT2D eigenvalue weighted by Gasteiger charge is 2.19. The van der Waals surface area contributed by atoms with Crippen molar-refractivity contribution in [3.8, 4) is 0 Å². The average molecular weight is 233 g/mol. The maximum Gasteiger partial charge on any atom is 0.0131 e. The topological polar surface area (TPSA) is 12.0 Å². The lowest BCUT2D eigenvalue weighted by molar-refractivity contribution is 0.446. The van der Waals surface area contributed by atoms with Crippen LogP contribution >= 0.6 is 0 Å². The molecule has 0 fully saturated rings. The molecular weight excluding hydrogens is 206 g/mol. The molecule has 0 spiro atoms. The van der Waals surface area contributed by atoms with Crippen molar-refractivity contribution in [1.29, 1.82) is 0 Å². The van der Waals surface area contributed by atoms with Crippen LogP contribution in [0.25, 0.3) is 0 Å². The summed E-state index contributed by atoms with van der Waals surface area (Å²) in [6.45, 7) is 14.5. The molecule has 1 nitrogen and oxygen atoms in total. The van der Waals surface area contributed by atoms with Crippen LogP contribution in [0.4, 0.5) is 0 Å². The lowest BCUT2D eigenvalue weighted by Gasteiger charge is -2.27. The Bertz CT molecular complexity index is 345. The number of hydrogen-bond donors (Lipinski definition) is 1. The van der Waals surface area contributed by atoms with Crippen LogP contribution in [0.3, 0.4) is 0 Å². The predicted octanol–water partition coefficient (Wildman–Crippen LogP) is 4.10. The summed E-state index contributed by atoms with van der Waals surface area (Å²) < 4.78 is 0. The Kier molecular flexibility index (Phi) is 5.20. The van der Waals surface area contributed by atoms with E-state index in [1.165, 1.54) is 28.7 Å². The van der Waals surface area contributed by atoms with E-state index in [0.717, 1.165) is 6.54 Å². The van der Waals surface area contributed by atoms with Gasteiger partial charge in [-0.25, -0.2) is 0 Å². The molecule has 0 aromatic heterocycles. The third kappa shape index (κ3) is 3.32. The molecule has 0 saturated heterocycles. The maximum atomic E-state index is 3.60. The number of aryl methyl sites for hydroxylation is 3. The van der Waals surface area contributed by atoms with Gasteiger partial charge < -0.3 is 5.32 Å². The first kappa shape index (κ1) is 14.2. The van der Waals surface area contributed by atoms with E-state index < -0.39 is 0 Å². The minimum Gasteiger partial charge on any atom is -0.314 e. The smallest absolute Gasteiger partial charge is 0.0131 e. The van der Waals surface area contributed by atoms with Crippen LogP contribution in [0.1, 0.15) is 55.4 Å². The monoisotopic (exact) mass is 233 g/mol. The first-order chi connectivity index (χ1) is 8.01. The van der Waals surface area contributed by atoms with Gasteiger partial charge in [0.25, 0.3) is 0 Å². The van der Waals surface area contributed by atoms with E-state index in [1.807, 2.05) is 0 Å². The van der Waals surface area contributed by atoms with Crippen LogP contribution in [0.15, 0.2) is 12.1 Å². The average Bonchev–Trinajstić information content (AvgIpc) is 2.24. The summed E-state index contributed by atoms with van der Waals surface area (Å²) >= 11 is 0. The van der Waals surface area contributed by atoms with Gasteiger partial charge in [-0.1, -0.05) is 38.5 Å². The number of likely N-dealkylation sites (N-methyl/N-ethyl adjacent to an activating group) is 1. The Balaban J connectivity index is 3.06. The molecule has 0 bridgehead atoms. The van der Waals surface area contributed by atoms with E-state index in [1.54, 1.807) is 0 Å². The molecule has 1 heteroatoms. The van der Waals surface area contributed by atoms with Crippen molar-refractivity contribution in [3.05, 3.63) is 34.4 Å². The van der Waals surface area contributed by atoms with Crippen molar-refractivity contribution in [2.24, 2.45) is 0 Å². The number of hydrogen-bond acceptors (Lipinski definition) is 1. The first-order valence-electron chi connectivity index (χ1n) is 6.82. The maximum absolute atomic E-state index is 3.60. The molecule has 96 valence electrons. The van der Waals surface area contributed by atoms with Crippen LogP contribution in [-0.2, 0) is 0 Å². The lowest BCUT2D eigenvalue weighted by atomic mass is 9.85. The lowest BCUT2D eigenvalue weighted by Crippen LogP contribution is -2.33. The molecule has 0 saturated carbocycles. The van der Waals surface area contributed by atoms with Gasteiger partial charge in [0, 0.05) is 6.04 Å². The van der Waals surface area contributed by atoms with E-state index >= 15 is 0 Å². The van der Waals surface area contributed by atoms with E-state index in [0.29, 0.717) is 12.0 Å². The number of nitrogens with one attached hydrogen (secondary N) is 1. The van der Waals surface area contributed by atoms with Crippen LogP contribution in [-0.4, -0.2) is 12.6 Å². The molecule has 0 aliphatic carbocycles. The molecule has 17 heavy (non-hydrogen) atoms. The van der Waals surface area contributed by atoms with Gasteiger partial charge in [-0.05, 0) is 56.3 Å². The summed E-state index contributed by atoms with van der Waals surface area (Å²) in [4.78, 5) is 0. The number of benzene rings is 1. The predicted molar refractivity (Wildman–Crippen MR) is 76.8 cm³/mol. The molecule has 1 aromatic rings. The first-order valence-corrected chi connectivity index (χ1v) is 6.82. The fraction of sp³-hybridized carbons (Fsp3) is 0.625. The summed E-state index contributed by atoms with van der Waals surface area (Å²) in [6.07, 6.45) is 1.18. The number of rotatable bonds is 5. The van der Waals surface area contributed by atoms with Crippen molar-refractivity contribution in [3.63, 3.8) is 0 Å². The third-order valence-corrected chi connectivity index (χ3v) is 3.70. The van der Waals surface area contributed by atoms with Crippen LogP contribution in [0.5, 0.6) is 0 Å². The Morgan fingerprint density at radius 2 is 1.59 bits per heavy atom. The minimum atomic E-state index is 0.583. The molecule has 0 amide bonds. The molecule has 1 rings (SSSR count). The van der Waals surface area contributed by atoms with Crippen molar-refractivity contribution >= 4 is 0 Å². The fourth-order valence-corrected chi connectivity index (χ4v) is 3.05. The Hall–Kier alpha value is -0.820. The van der Waals surface area contributed by atoms with Gasteiger partial charge in [0.05, 0.1) is 0 Å². The highest BCUT2D eigenvalue weighted by atomic mass is 14.9. The minimum absolute atomic E-state index is 0.583. The highest BCUT2D eigenvalue weighted by molar-refractivity contribution is 5.40. The highest BCUT2D eigenvalue weighted by Crippen LogP contribution is 2.28. The summed E-state index contributed by atoms with van der Waals surface area (Å²) in [5.74, 6) is 0.584. The SMILES string of the molecule is CCNC(CC)C(C)c1c(C)cc(C)cc1C. The molecule has 0 aliphatic rings. The van der Waals surface area contributed by atoms with Crippen molar-refractivity contribution in [2.45, 2.75) is 59.9 Å². The van der Waals surface area contributed by atoms with Gasteiger partial charge in [0.1, 0.15) is 0 Å². The quantitative estimate of drug-likeness (QED) is 0.807. The van der Waals surface area contributed by atoms with Gasteiger partial charge >= 0.3 is 0 Å². The molecule has 1 aromatic carbocycles. The summed E-state index contributed by atoms with van der Waals surface area (Å²) in [7, 11) is 0. The van der Waals surface area contributed by atoms with Crippen LogP contribution in [0.2, 0.25) is 0 Å². The zero-order valence-corrected chi connectivity index (χ0v) is 12.2. The van der Waals surface area contributed by atoms with Gasteiger partial charge in [-0.3, -0.25) is 0 Å². The fourth-order valence-electron chi connectivity index (χ4n) is 3.05.